The zero-order valence-corrected chi connectivity index (χ0v) is 9.26. The van der Waals surface area contributed by atoms with Gasteiger partial charge in [0.25, 0.3) is 0 Å². The molecule has 1 atom stereocenters. The molecular formula is C10H19ClN2O. The van der Waals surface area contributed by atoms with Crippen LogP contribution in [0.2, 0.25) is 0 Å². The molecule has 0 aromatic rings. The summed E-state index contributed by atoms with van der Waals surface area (Å²) in [6.45, 7) is 1.58. The standard InChI is InChI=1S/C10H18N2O.ClH/c11-6-8-5-10(13)12(7-8)9-3-1-2-4-9;/h8-9H,1-7,11H2;1H. The second kappa shape index (κ2) is 4.99. The lowest BCUT2D eigenvalue weighted by Crippen LogP contribution is -2.34. The van der Waals surface area contributed by atoms with Crippen molar-refractivity contribution in [2.75, 3.05) is 13.1 Å². The molecule has 1 saturated carbocycles. The molecule has 1 aliphatic carbocycles. The van der Waals surface area contributed by atoms with Gasteiger partial charge in [-0.3, -0.25) is 4.79 Å². The van der Waals surface area contributed by atoms with Gasteiger partial charge in [0.1, 0.15) is 0 Å². The summed E-state index contributed by atoms with van der Waals surface area (Å²) in [5.74, 6) is 0.760. The first-order valence-corrected chi connectivity index (χ1v) is 5.31. The predicted molar refractivity (Wildman–Crippen MR) is 58.4 cm³/mol. The zero-order chi connectivity index (χ0) is 9.26. The summed E-state index contributed by atoms with van der Waals surface area (Å²) >= 11 is 0. The summed E-state index contributed by atoms with van der Waals surface area (Å²) in [5.41, 5.74) is 5.58. The van der Waals surface area contributed by atoms with Crippen LogP contribution in [0.15, 0.2) is 0 Å². The van der Waals surface area contributed by atoms with Crippen molar-refractivity contribution in [3.05, 3.63) is 0 Å². The molecule has 1 amide bonds. The molecule has 2 rings (SSSR count). The Morgan fingerprint density at radius 3 is 2.50 bits per heavy atom. The third-order valence-electron chi connectivity index (χ3n) is 3.34. The molecule has 2 aliphatic rings. The number of hydrogen-bond acceptors (Lipinski definition) is 2. The summed E-state index contributed by atoms with van der Waals surface area (Å²) in [7, 11) is 0. The van der Waals surface area contributed by atoms with Crippen LogP contribution in [0.4, 0.5) is 0 Å². The fourth-order valence-corrected chi connectivity index (χ4v) is 2.54. The largest absolute Gasteiger partial charge is 0.339 e. The Kier molecular flexibility index (Phi) is 4.20. The summed E-state index contributed by atoms with van der Waals surface area (Å²) in [4.78, 5) is 13.7. The first-order valence-electron chi connectivity index (χ1n) is 5.31. The molecule has 3 nitrogen and oxygen atoms in total. The van der Waals surface area contributed by atoms with Crippen molar-refractivity contribution in [3.8, 4) is 0 Å². The van der Waals surface area contributed by atoms with Crippen LogP contribution in [-0.2, 0) is 4.79 Å². The van der Waals surface area contributed by atoms with E-state index in [1.54, 1.807) is 0 Å². The zero-order valence-electron chi connectivity index (χ0n) is 8.45. The van der Waals surface area contributed by atoms with Crippen molar-refractivity contribution in [1.29, 1.82) is 0 Å². The summed E-state index contributed by atoms with van der Waals surface area (Å²) in [6.07, 6.45) is 5.70. The van der Waals surface area contributed by atoms with Crippen molar-refractivity contribution in [1.82, 2.24) is 4.90 Å². The van der Waals surface area contributed by atoms with E-state index in [4.69, 9.17) is 5.73 Å². The molecule has 4 heteroatoms. The van der Waals surface area contributed by atoms with Crippen molar-refractivity contribution in [2.45, 2.75) is 38.1 Å². The van der Waals surface area contributed by atoms with Gasteiger partial charge in [0.2, 0.25) is 5.91 Å². The van der Waals surface area contributed by atoms with Crippen LogP contribution in [-0.4, -0.2) is 29.9 Å². The lowest BCUT2D eigenvalue weighted by molar-refractivity contribution is -0.129. The highest BCUT2D eigenvalue weighted by Crippen LogP contribution is 2.28. The summed E-state index contributed by atoms with van der Waals surface area (Å²) < 4.78 is 0. The van der Waals surface area contributed by atoms with Crippen LogP contribution < -0.4 is 5.73 Å². The van der Waals surface area contributed by atoms with Gasteiger partial charge in [-0.15, -0.1) is 12.4 Å². The van der Waals surface area contributed by atoms with Crippen molar-refractivity contribution in [2.24, 2.45) is 11.7 Å². The Morgan fingerprint density at radius 2 is 2.00 bits per heavy atom. The Hall–Kier alpha value is -0.280. The van der Waals surface area contributed by atoms with Crippen LogP contribution in [0.3, 0.4) is 0 Å². The SMILES string of the molecule is Cl.NCC1CC(=O)N(C2CCCC2)C1. The molecule has 0 radical (unpaired) electrons. The van der Waals surface area contributed by atoms with Crippen molar-refractivity contribution in [3.63, 3.8) is 0 Å². The number of nitrogens with two attached hydrogens (primary N) is 1. The van der Waals surface area contributed by atoms with E-state index in [0.717, 1.165) is 6.54 Å². The highest BCUT2D eigenvalue weighted by molar-refractivity contribution is 5.85. The monoisotopic (exact) mass is 218 g/mol. The average molecular weight is 219 g/mol. The molecule has 1 saturated heterocycles. The van der Waals surface area contributed by atoms with E-state index in [-0.39, 0.29) is 12.4 Å². The van der Waals surface area contributed by atoms with Gasteiger partial charge in [0, 0.05) is 19.0 Å². The normalized spacial score (nSPS) is 28.2. The Balaban J connectivity index is 0.000000980. The van der Waals surface area contributed by atoms with Crippen LogP contribution >= 0.6 is 12.4 Å². The lowest BCUT2D eigenvalue weighted by Gasteiger charge is -2.23. The van der Waals surface area contributed by atoms with Gasteiger partial charge < -0.3 is 10.6 Å². The molecule has 1 unspecified atom stereocenters. The van der Waals surface area contributed by atoms with Gasteiger partial charge >= 0.3 is 0 Å². The quantitative estimate of drug-likeness (QED) is 0.756. The number of likely N-dealkylation sites (tertiary alicyclic amines) is 1. The summed E-state index contributed by atoms with van der Waals surface area (Å²) in [5, 5.41) is 0. The number of nitrogens with zero attached hydrogens (tertiary/aromatic N) is 1. The Morgan fingerprint density at radius 1 is 1.36 bits per heavy atom. The van der Waals surface area contributed by atoms with Crippen molar-refractivity contribution >= 4 is 18.3 Å². The van der Waals surface area contributed by atoms with Gasteiger partial charge in [0.05, 0.1) is 0 Å². The Bertz CT molecular complexity index is 204. The van der Waals surface area contributed by atoms with Crippen molar-refractivity contribution < 1.29 is 4.79 Å². The maximum Gasteiger partial charge on any atom is 0.223 e. The smallest absolute Gasteiger partial charge is 0.223 e. The van der Waals surface area contributed by atoms with Crippen LogP contribution in [0.25, 0.3) is 0 Å². The minimum Gasteiger partial charge on any atom is -0.339 e. The first-order chi connectivity index (χ1) is 6.31. The molecule has 1 aliphatic heterocycles. The molecule has 0 aromatic carbocycles. The van der Waals surface area contributed by atoms with E-state index in [2.05, 4.69) is 4.90 Å². The number of amides is 1. The molecule has 0 bridgehead atoms. The highest BCUT2D eigenvalue weighted by Gasteiger charge is 2.34. The molecule has 0 spiro atoms. The molecule has 2 fully saturated rings. The summed E-state index contributed by atoms with van der Waals surface area (Å²) in [6, 6.07) is 0.545. The van der Waals surface area contributed by atoms with E-state index in [9.17, 15) is 4.79 Å². The van der Waals surface area contributed by atoms with Gasteiger partial charge in [-0.1, -0.05) is 12.8 Å². The number of carbonyl (C=O) groups excluding carboxylic acids is 1. The third kappa shape index (κ3) is 2.20. The van der Waals surface area contributed by atoms with Gasteiger partial charge in [-0.2, -0.15) is 0 Å². The van der Waals surface area contributed by atoms with Gasteiger partial charge in [-0.25, -0.2) is 0 Å². The van der Waals surface area contributed by atoms with E-state index < -0.39 is 0 Å². The molecule has 0 aromatic heterocycles. The van der Waals surface area contributed by atoms with Crippen LogP contribution in [0, 0.1) is 5.92 Å². The van der Waals surface area contributed by atoms with E-state index in [1.165, 1.54) is 25.7 Å². The molecule has 82 valence electrons. The fraction of sp³-hybridized carbons (Fsp3) is 0.900. The van der Waals surface area contributed by atoms with Gasteiger partial charge in [-0.05, 0) is 25.3 Å². The lowest BCUT2D eigenvalue weighted by atomic mass is 10.1. The minimum absolute atomic E-state index is 0. The number of carbonyl (C=O) groups is 1. The molecule has 1 heterocycles. The maximum absolute atomic E-state index is 11.6. The Labute approximate surface area is 91.4 Å². The maximum atomic E-state index is 11.6. The molecule has 2 N–H and O–H groups in total. The average Bonchev–Trinajstić information content (AvgIpc) is 2.72. The molecular weight excluding hydrogens is 200 g/mol. The van der Waals surface area contributed by atoms with Gasteiger partial charge in [0.15, 0.2) is 0 Å². The number of halogens is 1. The number of hydrogen-bond donors (Lipinski definition) is 1. The fourth-order valence-electron chi connectivity index (χ4n) is 2.54. The predicted octanol–water partition coefficient (Wildman–Crippen LogP) is 1.16. The topological polar surface area (TPSA) is 46.3 Å². The van der Waals surface area contributed by atoms with Crippen LogP contribution in [0.1, 0.15) is 32.1 Å². The molecule has 14 heavy (non-hydrogen) atoms. The van der Waals surface area contributed by atoms with E-state index in [0.29, 0.717) is 30.8 Å². The second-order valence-electron chi connectivity index (χ2n) is 4.29. The minimum atomic E-state index is 0. The highest BCUT2D eigenvalue weighted by atomic mass is 35.5. The van der Waals surface area contributed by atoms with E-state index in [1.807, 2.05) is 0 Å². The second-order valence-corrected chi connectivity index (χ2v) is 4.29. The number of rotatable bonds is 2. The van der Waals surface area contributed by atoms with Crippen LogP contribution in [0.5, 0.6) is 0 Å². The van der Waals surface area contributed by atoms with E-state index >= 15 is 0 Å². The first kappa shape index (κ1) is 11.8. The third-order valence-corrected chi connectivity index (χ3v) is 3.34.